The van der Waals surface area contributed by atoms with Crippen LogP contribution in [0.4, 0.5) is 0 Å². The van der Waals surface area contributed by atoms with Crippen LogP contribution < -0.4 is 0 Å². The molecule has 1 atom stereocenters. The van der Waals surface area contributed by atoms with Crippen molar-refractivity contribution in [2.24, 2.45) is 5.41 Å². The van der Waals surface area contributed by atoms with Gasteiger partial charge in [-0.1, -0.05) is 0 Å². The summed E-state index contributed by atoms with van der Waals surface area (Å²) in [5.74, 6) is 0. The second-order valence-electron chi connectivity index (χ2n) is 7.54. The molecule has 0 aliphatic rings. The van der Waals surface area contributed by atoms with Crippen LogP contribution in [0.3, 0.4) is 0 Å². The molecule has 0 saturated heterocycles. The van der Waals surface area contributed by atoms with E-state index in [1.807, 2.05) is 0 Å². The van der Waals surface area contributed by atoms with Crippen molar-refractivity contribution < 1.29 is 47.3 Å². The summed E-state index contributed by atoms with van der Waals surface area (Å²) in [5, 5.41) is 52.3. The van der Waals surface area contributed by atoms with Gasteiger partial charge in [0.2, 0.25) is 0 Å². The molecule has 5 N–H and O–H groups in total. The third kappa shape index (κ3) is 3.64. The van der Waals surface area contributed by atoms with Crippen LogP contribution in [-0.2, 0) is 21.7 Å². The Hall–Kier alpha value is 0.514. The molecule has 0 spiro atoms. The summed E-state index contributed by atoms with van der Waals surface area (Å²) in [4.78, 5) is 0. The van der Waals surface area contributed by atoms with E-state index in [9.17, 15) is 25.5 Å². The fourth-order valence-electron chi connectivity index (χ4n) is 3.78. The van der Waals surface area contributed by atoms with E-state index in [-0.39, 0.29) is 21.7 Å². The minimum Gasteiger partial charge on any atom is -0.390 e. The topological polar surface area (TPSA) is 101 Å². The molecule has 1 unspecified atom stereocenters. The summed E-state index contributed by atoms with van der Waals surface area (Å²) in [7, 11) is 0. The molecule has 0 fully saturated rings. The van der Waals surface area contributed by atoms with E-state index < -0.39 is 33.9 Å². The second kappa shape index (κ2) is 5.96. The van der Waals surface area contributed by atoms with Crippen LogP contribution in [0.5, 0.6) is 0 Å². The average Bonchev–Trinajstić information content (AvgIpc) is 1.92. The van der Waals surface area contributed by atoms with E-state index in [0.717, 1.165) is 0 Å². The Morgan fingerprint density at radius 3 is 0.850 bits per heavy atom. The molecule has 0 aliphatic carbocycles. The Balaban J connectivity index is 0. The van der Waals surface area contributed by atoms with Gasteiger partial charge < -0.3 is 25.5 Å². The van der Waals surface area contributed by atoms with Crippen LogP contribution in [0.15, 0.2) is 0 Å². The van der Waals surface area contributed by atoms with Gasteiger partial charge in [-0.3, -0.25) is 0 Å². The summed E-state index contributed by atoms with van der Waals surface area (Å²) in [6.45, 7) is 11.1. The van der Waals surface area contributed by atoms with E-state index in [4.69, 9.17) is 0 Å². The fraction of sp³-hybridized carbons (Fsp3) is 1.00. The Labute approximate surface area is 136 Å². The predicted molar refractivity (Wildman–Crippen MR) is 73.6 cm³/mol. The smallest absolute Gasteiger partial charge is 0.0960 e. The Bertz CT molecular complexity index is 278. The van der Waals surface area contributed by atoms with Crippen molar-refractivity contribution in [3.8, 4) is 0 Å². The van der Waals surface area contributed by atoms with Gasteiger partial charge in [-0.2, -0.15) is 0 Å². The van der Waals surface area contributed by atoms with Crippen LogP contribution in [0.25, 0.3) is 0 Å². The summed E-state index contributed by atoms with van der Waals surface area (Å²) in [6.07, 6.45) is -1.56. The maximum Gasteiger partial charge on any atom is 0.0960 e. The molecular formula is C14H30O5Ti. The van der Waals surface area contributed by atoms with Crippen molar-refractivity contribution >= 4 is 0 Å². The first-order valence-electron chi connectivity index (χ1n) is 6.48. The van der Waals surface area contributed by atoms with E-state index >= 15 is 0 Å². The molecule has 0 amide bonds. The minimum atomic E-state index is -1.77. The zero-order valence-corrected chi connectivity index (χ0v) is 15.4. The largest absolute Gasteiger partial charge is 0.390 e. The van der Waals surface area contributed by atoms with Gasteiger partial charge in [-0.05, 0) is 55.4 Å². The van der Waals surface area contributed by atoms with E-state index in [1.54, 1.807) is 0 Å². The van der Waals surface area contributed by atoms with Crippen molar-refractivity contribution in [3.63, 3.8) is 0 Å². The molecule has 5 nitrogen and oxygen atoms in total. The van der Waals surface area contributed by atoms with Gasteiger partial charge in [0, 0.05) is 21.7 Å². The first kappa shape index (κ1) is 22.8. The van der Waals surface area contributed by atoms with Crippen molar-refractivity contribution in [2.45, 2.75) is 83.9 Å². The molecule has 0 aliphatic heterocycles. The standard InChI is InChI=1S/C14H30O5.Ti/c1-10(2,16)9(15)14(11(3,4)17,12(5,6)18)13(7,8)19;/h9,15-19H,1-8H3;. The van der Waals surface area contributed by atoms with Crippen LogP contribution >= 0.6 is 0 Å². The van der Waals surface area contributed by atoms with Gasteiger partial charge in [0.25, 0.3) is 0 Å². The SMILES string of the molecule is CC(C)(O)C(O)C(C(C)(C)O)(C(C)(C)O)C(C)(C)O.[Ti]. The molecule has 6 heteroatoms. The Kier molecular flexibility index (Phi) is 6.79. The number of hydrogen-bond donors (Lipinski definition) is 5. The monoisotopic (exact) mass is 326 g/mol. The number of rotatable bonds is 5. The zero-order valence-electron chi connectivity index (χ0n) is 13.8. The third-order valence-electron chi connectivity index (χ3n) is 3.97. The van der Waals surface area contributed by atoms with Crippen molar-refractivity contribution in [1.29, 1.82) is 0 Å². The van der Waals surface area contributed by atoms with E-state index in [1.165, 1.54) is 55.4 Å². The van der Waals surface area contributed by atoms with Crippen LogP contribution in [-0.4, -0.2) is 54.0 Å². The first-order valence-corrected chi connectivity index (χ1v) is 6.48. The number of aliphatic hydroxyl groups excluding tert-OH is 1. The molecular weight excluding hydrogens is 296 g/mol. The molecule has 0 aromatic rings. The molecule has 0 heterocycles. The Morgan fingerprint density at radius 1 is 0.600 bits per heavy atom. The Morgan fingerprint density at radius 2 is 0.800 bits per heavy atom. The molecule has 0 saturated carbocycles. The quantitative estimate of drug-likeness (QED) is 0.471. The van der Waals surface area contributed by atoms with Gasteiger partial charge >= 0.3 is 0 Å². The van der Waals surface area contributed by atoms with Crippen molar-refractivity contribution in [2.75, 3.05) is 0 Å². The fourth-order valence-corrected chi connectivity index (χ4v) is 3.78. The van der Waals surface area contributed by atoms with Gasteiger partial charge in [0.15, 0.2) is 0 Å². The van der Waals surface area contributed by atoms with Crippen LogP contribution in [0.1, 0.15) is 55.4 Å². The van der Waals surface area contributed by atoms with Gasteiger partial charge in [-0.15, -0.1) is 0 Å². The molecule has 0 rings (SSSR count). The molecule has 20 heavy (non-hydrogen) atoms. The maximum atomic E-state index is 10.6. The molecule has 0 bridgehead atoms. The summed E-state index contributed by atoms with van der Waals surface area (Å²) >= 11 is 0. The van der Waals surface area contributed by atoms with Gasteiger partial charge in [0.05, 0.1) is 33.9 Å². The third-order valence-corrected chi connectivity index (χ3v) is 3.97. The van der Waals surface area contributed by atoms with Crippen molar-refractivity contribution in [1.82, 2.24) is 0 Å². The van der Waals surface area contributed by atoms with E-state index in [0.29, 0.717) is 0 Å². The molecule has 0 aromatic heterocycles. The number of aliphatic hydroxyl groups is 5. The average molecular weight is 326 g/mol. The van der Waals surface area contributed by atoms with Gasteiger partial charge in [0.1, 0.15) is 0 Å². The molecule has 0 aromatic carbocycles. The summed E-state index contributed by atoms with van der Waals surface area (Å²) in [5.41, 5.74) is -8.33. The minimum absolute atomic E-state index is 0. The van der Waals surface area contributed by atoms with E-state index in [2.05, 4.69) is 0 Å². The van der Waals surface area contributed by atoms with Crippen molar-refractivity contribution in [3.05, 3.63) is 0 Å². The number of hydrogen-bond acceptors (Lipinski definition) is 5. The predicted octanol–water partition coefficient (Wildman–Crippen LogP) is 0.415. The zero-order chi connectivity index (χ0) is 16.1. The maximum absolute atomic E-state index is 10.6. The van der Waals surface area contributed by atoms with Crippen LogP contribution in [0, 0.1) is 5.41 Å². The van der Waals surface area contributed by atoms with Crippen LogP contribution in [0.2, 0.25) is 0 Å². The summed E-state index contributed by atoms with van der Waals surface area (Å²) < 4.78 is 0. The van der Waals surface area contributed by atoms with Gasteiger partial charge in [-0.25, -0.2) is 0 Å². The molecule has 0 radical (unpaired) electrons. The summed E-state index contributed by atoms with van der Waals surface area (Å²) in [6, 6.07) is 0. The second-order valence-corrected chi connectivity index (χ2v) is 7.54. The normalized spacial score (nSPS) is 16.6. The molecule has 120 valence electrons. The first-order chi connectivity index (χ1) is 7.90.